The first-order valence-electron chi connectivity index (χ1n) is 9.07. The van der Waals surface area contributed by atoms with Crippen LogP contribution in [0.3, 0.4) is 0 Å². The van der Waals surface area contributed by atoms with Gasteiger partial charge in [-0.15, -0.1) is 11.8 Å². The number of halogens is 1. The summed E-state index contributed by atoms with van der Waals surface area (Å²) in [5.74, 6) is -0.0184. The van der Waals surface area contributed by atoms with Gasteiger partial charge in [0, 0.05) is 33.7 Å². The van der Waals surface area contributed by atoms with Crippen LogP contribution in [0.15, 0.2) is 51.8 Å². The fourth-order valence-electron chi connectivity index (χ4n) is 3.10. The third kappa shape index (κ3) is 4.93. The molecule has 0 spiro atoms. The largest absolute Gasteiger partial charge is 0.339 e. The van der Waals surface area contributed by atoms with Crippen molar-refractivity contribution in [3.8, 4) is 0 Å². The SMILES string of the molecule is Cc1c(NC(=O)C(C)Sc2ccc(Br)cc2)cccc1C(=O)N1CCCC1. The first-order chi connectivity index (χ1) is 13.0. The molecule has 1 atom stereocenters. The zero-order chi connectivity index (χ0) is 19.4. The minimum atomic E-state index is -0.247. The molecular formula is C21H23BrN2O2S. The van der Waals surface area contributed by atoms with Gasteiger partial charge in [-0.05, 0) is 68.7 Å². The van der Waals surface area contributed by atoms with Gasteiger partial charge >= 0.3 is 0 Å². The highest BCUT2D eigenvalue weighted by molar-refractivity contribution is 9.10. The van der Waals surface area contributed by atoms with Crippen molar-refractivity contribution >= 4 is 45.2 Å². The van der Waals surface area contributed by atoms with Gasteiger partial charge in [0.05, 0.1) is 5.25 Å². The molecule has 0 radical (unpaired) electrons. The van der Waals surface area contributed by atoms with Gasteiger partial charge < -0.3 is 10.2 Å². The van der Waals surface area contributed by atoms with Crippen LogP contribution in [0.4, 0.5) is 5.69 Å². The Kier molecular flexibility index (Phi) is 6.60. The molecule has 0 aromatic heterocycles. The molecule has 1 unspecified atom stereocenters. The van der Waals surface area contributed by atoms with Crippen LogP contribution < -0.4 is 5.32 Å². The van der Waals surface area contributed by atoms with Gasteiger partial charge in [0.1, 0.15) is 0 Å². The zero-order valence-electron chi connectivity index (χ0n) is 15.5. The molecule has 2 aromatic carbocycles. The highest BCUT2D eigenvalue weighted by Crippen LogP contribution is 2.27. The summed E-state index contributed by atoms with van der Waals surface area (Å²) in [4.78, 5) is 28.3. The minimum Gasteiger partial charge on any atom is -0.339 e. The lowest BCUT2D eigenvalue weighted by Gasteiger charge is -2.19. The second-order valence-electron chi connectivity index (χ2n) is 6.68. The molecule has 3 rings (SSSR count). The van der Waals surface area contributed by atoms with Crippen LogP contribution in [0.2, 0.25) is 0 Å². The molecule has 2 amide bonds. The maximum Gasteiger partial charge on any atom is 0.254 e. The van der Waals surface area contributed by atoms with E-state index in [1.54, 1.807) is 0 Å². The maximum atomic E-state index is 12.7. The summed E-state index contributed by atoms with van der Waals surface area (Å²) in [6.07, 6.45) is 2.12. The number of rotatable bonds is 5. The van der Waals surface area contributed by atoms with E-state index in [0.29, 0.717) is 11.3 Å². The van der Waals surface area contributed by atoms with Crippen molar-refractivity contribution in [1.82, 2.24) is 4.90 Å². The fourth-order valence-corrected chi connectivity index (χ4v) is 4.23. The predicted octanol–water partition coefficient (Wildman–Crippen LogP) is 5.11. The molecule has 27 heavy (non-hydrogen) atoms. The Balaban J connectivity index is 1.69. The van der Waals surface area contributed by atoms with Crippen LogP contribution in [0.1, 0.15) is 35.7 Å². The molecule has 1 aliphatic heterocycles. The van der Waals surface area contributed by atoms with Crippen molar-refractivity contribution in [3.63, 3.8) is 0 Å². The second kappa shape index (κ2) is 8.93. The Hall–Kier alpha value is -1.79. The van der Waals surface area contributed by atoms with E-state index < -0.39 is 0 Å². The quantitative estimate of drug-likeness (QED) is 0.648. The summed E-state index contributed by atoms with van der Waals surface area (Å²) in [6.45, 7) is 5.41. The molecule has 0 saturated carbocycles. The van der Waals surface area contributed by atoms with E-state index >= 15 is 0 Å². The molecule has 0 bridgehead atoms. The van der Waals surface area contributed by atoms with Crippen molar-refractivity contribution in [3.05, 3.63) is 58.1 Å². The van der Waals surface area contributed by atoms with Crippen LogP contribution in [0.25, 0.3) is 0 Å². The van der Waals surface area contributed by atoms with Crippen LogP contribution >= 0.6 is 27.7 Å². The number of nitrogens with one attached hydrogen (secondary N) is 1. The summed E-state index contributed by atoms with van der Waals surface area (Å²) in [5, 5.41) is 2.74. The lowest BCUT2D eigenvalue weighted by atomic mass is 10.1. The Morgan fingerprint density at radius 1 is 1.11 bits per heavy atom. The lowest BCUT2D eigenvalue weighted by Crippen LogP contribution is -2.29. The van der Waals surface area contributed by atoms with Crippen molar-refractivity contribution in [2.45, 2.75) is 36.8 Å². The normalized spacial score (nSPS) is 14.9. The number of carbonyl (C=O) groups excluding carboxylic acids is 2. The molecule has 1 N–H and O–H groups in total. The second-order valence-corrected chi connectivity index (χ2v) is 9.01. The summed E-state index contributed by atoms with van der Waals surface area (Å²) in [6, 6.07) is 13.4. The van der Waals surface area contributed by atoms with E-state index in [1.165, 1.54) is 11.8 Å². The van der Waals surface area contributed by atoms with Crippen LogP contribution in [0, 0.1) is 6.92 Å². The smallest absolute Gasteiger partial charge is 0.254 e. The molecule has 4 nitrogen and oxygen atoms in total. The van der Waals surface area contributed by atoms with E-state index in [2.05, 4.69) is 21.2 Å². The molecule has 142 valence electrons. The van der Waals surface area contributed by atoms with Crippen molar-refractivity contribution in [2.24, 2.45) is 0 Å². The van der Waals surface area contributed by atoms with E-state index in [-0.39, 0.29) is 17.1 Å². The topological polar surface area (TPSA) is 49.4 Å². The number of likely N-dealkylation sites (tertiary alicyclic amines) is 1. The first-order valence-corrected chi connectivity index (χ1v) is 10.7. The van der Waals surface area contributed by atoms with Gasteiger partial charge in [0.25, 0.3) is 5.91 Å². The summed E-state index contributed by atoms with van der Waals surface area (Å²) < 4.78 is 1.01. The van der Waals surface area contributed by atoms with Gasteiger partial charge in [-0.25, -0.2) is 0 Å². The van der Waals surface area contributed by atoms with E-state index in [1.807, 2.05) is 61.2 Å². The molecule has 6 heteroatoms. The van der Waals surface area contributed by atoms with Crippen LogP contribution in [-0.4, -0.2) is 35.1 Å². The molecule has 1 saturated heterocycles. The van der Waals surface area contributed by atoms with Crippen LogP contribution in [0.5, 0.6) is 0 Å². The average molecular weight is 447 g/mol. The van der Waals surface area contributed by atoms with E-state index in [4.69, 9.17) is 0 Å². The van der Waals surface area contributed by atoms with Gasteiger partial charge in [0.15, 0.2) is 0 Å². The number of nitrogens with zero attached hydrogens (tertiary/aromatic N) is 1. The number of hydrogen-bond donors (Lipinski definition) is 1. The Morgan fingerprint density at radius 3 is 2.44 bits per heavy atom. The third-order valence-corrected chi connectivity index (χ3v) is 6.35. The average Bonchev–Trinajstić information content (AvgIpc) is 3.19. The van der Waals surface area contributed by atoms with Crippen molar-refractivity contribution in [2.75, 3.05) is 18.4 Å². The summed E-state index contributed by atoms with van der Waals surface area (Å²) in [5.41, 5.74) is 2.19. The lowest BCUT2D eigenvalue weighted by molar-refractivity contribution is -0.115. The zero-order valence-corrected chi connectivity index (χ0v) is 17.9. The number of thioether (sulfide) groups is 1. The van der Waals surface area contributed by atoms with Crippen molar-refractivity contribution in [1.29, 1.82) is 0 Å². The van der Waals surface area contributed by atoms with Gasteiger partial charge in [0.2, 0.25) is 5.91 Å². The fraction of sp³-hybridized carbons (Fsp3) is 0.333. The molecule has 1 heterocycles. The van der Waals surface area contributed by atoms with Crippen molar-refractivity contribution < 1.29 is 9.59 Å². The Labute approximate surface area is 172 Å². The molecular weight excluding hydrogens is 424 g/mol. The van der Waals surface area contributed by atoms with Gasteiger partial charge in [-0.2, -0.15) is 0 Å². The van der Waals surface area contributed by atoms with E-state index in [0.717, 1.165) is 40.9 Å². The summed E-state index contributed by atoms with van der Waals surface area (Å²) in [7, 11) is 0. The molecule has 0 aliphatic carbocycles. The Bertz CT molecular complexity index is 833. The Morgan fingerprint density at radius 2 is 1.78 bits per heavy atom. The standard InChI is InChI=1S/C21H23BrN2O2S/c1-14-18(21(26)24-12-3-4-13-24)6-5-7-19(14)23-20(25)15(2)27-17-10-8-16(22)9-11-17/h5-11,15H,3-4,12-13H2,1-2H3,(H,23,25). The van der Waals surface area contributed by atoms with Crippen LogP contribution in [-0.2, 0) is 4.79 Å². The monoisotopic (exact) mass is 446 g/mol. The highest BCUT2D eigenvalue weighted by Gasteiger charge is 2.22. The summed E-state index contributed by atoms with van der Waals surface area (Å²) >= 11 is 4.92. The molecule has 1 aliphatic rings. The number of carbonyl (C=O) groups is 2. The van der Waals surface area contributed by atoms with Gasteiger partial charge in [-0.3, -0.25) is 9.59 Å². The first kappa shape index (κ1) is 20.0. The van der Waals surface area contributed by atoms with E-state index in [9.17, 15) is 9.59 Å². The molecule has 1 fully saturated rings. The predicted molar refractivity (Wildman–Crippen MR) is 114 cm³/mol. The minimum absolute atomic E-state index is 0.0541. The third-order valence-electron chi connectivity index (χ3n) is 4.71. The number of hydrogen-bond acceptors (Lipinski definition) is 3. The molecule has 2 aromatic rings. The highest BCUT2D eigenvalue weighted by atomic mass is 79.9. The number of anilines is 1. The maximum absolute atomic E-state index is 12.7. The number of benzene rings is 2. The number of amides is 2. The van der Waals surface area contributed by atoms with Gasteiger partial charge in [-0.1, -0.05) is 22.0 Å².